The van der Waals surface area contributed by atoms with E-state index in [1.54, 1.807) is 37.3 Å². The lowest BCUT2D eigenvalue weighted by Gasteiger charge is -2.23. The number of carboxylic acids is 1. The van der Waals surface area contributed by atoms with E-state index < -0.39 is 29.6 Å². The average Bonchev–Trinajstić information content (AvgIpc) is 2.61. The fourth-order valence-corrected chi connectivity index (χ4v) is 3.09. The molecule has 0 bridgehead atoms. The molecule has 0 radical (unpaired) electrons. The Morgan fingerprint density at radius 1 is 1.22 bits per heavy atom. The number of fused-ring (bicyclic) bond motifs is 1. The van der Waals surface area contributed by atoms with Crippen molar-refractivity contribution < 1.29 is 29.3 Å². The van der Waals surface area contributed by atoms with Gasteiger partial charge in [0.25, 0.3) is 5.91 Å². The molecule has 1 heterocycles. The highest BCUT2D eigenvalue weighted by molar-refractivity contribution is 6.04. The van der Waals surface area contributed by atoms with Crippen LogP contribution in [0.25, 0.3) is 0 Å². The number of hydrogen-bond acceptors (Lipinski definition) is 5. The van der Waals surface area contributed by atoms with Crippen LogP contribution in [-0.2, 0) is 22.4 Å². The molecule has 0 saturated heterocycles. The lowest BCUT2D eigenvalue weighted by molar-refractivity contribution is -0.139. The smallest absolute Gasteiger partial charge is 0.342 e. The van der Waals surface area contributed by atoms with Gasteiger partial charge in [-0.25, -0.2) is 9.59 Å². The maximum absolute atomic E-state index is 12.5. The number of phenolic OH excluding ortho intramolecular Hbond substituents is 1. The molecule has 2 aromatic carbocycles. The van der Waals surface area contributed by atoms with Gasteiger partial charge >= 0.3 is 11.9 Å². The van der Waals surface area contributed by atoms with E-state index >= 15 is 0 Å². The first-order chi connectivity index (χ1) is 12.9. The number of carboxylic acid groups (broad SMARTS) is 1. The number of esters is 1. The number of nitrogens with one attached hydrogen (secondary N) is 1. The zero-order valence-corrected chi connectivity index (χ0v) is 14.6. The molecule has 1 amide bonds. The third kappa shape index (κ3) is 3.92. The number of carbonyl (C=O) groups is 3. The number of aromatic hydroxyl groups is 1. The molecule has 7 nitrogen and oxygen atoms in total. The van der Waals surface area contributed by atoms with Crippen molar-refractivity contribution in [1.29, 1.82) is 0 Å². The summed E-state index contributed by atoms with van der Waals surface area (Å²) >= 11 is 0. The van der Waals surface area contributed by atoms with Gasteiger partial charge in [0.05, 0.1) is 5.56 Å². The number of cyclic esters (lactones) is 1. The quantitative estimate of drug-likeness (QED) is 0.694. The van der Waals surface area contributed by atoms with Crippen molar-refractivity contribution in [2.75, 3.05) is 0 Å². The summed E-state index contributed by atoms with van der Waals surface area (Å²) in [5.74, 6) is -3.16. The monoisotopic (exact) mass is 369 g/mol. The fraction of sp³-hybridized carbons (Fsp3) is 0.250. The van der Waals surface area contributed by atoms with Crippen LogP contribution in [0.4, 0.5) is 0 Å². The van der Waals surface area contributed by atoms with Crippen LogP contribution in [0.1, 0.15) is 38.8 Å². The van der Waals surface area contributed by atoms with Crippen molar-refractivity contribution in [3.8, 4) is 5.75 Å². The van der Waals surface area contributed by atoms with Gasteiger partial charge in [-0.15, -0.1) is 0 Å². The van der Waals surface area contributed by atoms with Crippen LogP contribution in [0.15, 0.2) is 42.5 Å². The Balaban J connectivity index is 1.84. The first-order valence-electron chi connectivity index (χ1n) is 8.50. The number of carbonyl (C=O) groups excluding carboxylic acids is 2. The summed E-state index contributed by atoms with van der Waals surface area (Å²) in [6.45, 7) is 1.74. The van der Waals surface area contributed by atoms with Gasteiger partial charge < -0.3 is 20.3 Å². The minimum Gasteiger partial charge on any atom is -0.506 e. The molecule has 0 fully saturated rings. The molecule has 0 aromatic heterocycles. The molecule has 0 spiro atoms. The SMILES string of the molecule is C[C@H]1Cc2ccc(C(=O)N[C@H](Cc3ccccc3)C(=O)O)c(O)c2C(=O)O1. The molecule has 27 heavy (non-hydrogen) atoms. The summed E-state index contributed by atoms with van der Waals surface area (Å²) in [5.41, 5.74) is 1.12. The average molecular weight is 369 g/mol. The Hall–Kier alpha value is -3.35. The fourth-order valence-electron chi connectivity index (χ4n) is 3.09. The molecule has 3 N–H and O–H groups in total. The van der Waals surface area contributed by atoms with Crippen molar-refractivity contribution in [2.45, 2.75) is 31.9 Å². The van der Waals surface area contributed by atoms with Crippen LogP contribution in [0, 0.1) is 0 Å². The minimum atomic E-state index is -1.20. The van der Waals surface area contributed by atoms with Crippen LogP contribution in [-0.4, -0.2) is 40.2 Å². The Bertz CT molecular complexity index is 893. The van der Waals surface area contributed by atoms with E-state index in [2.05, 4.69) is 5.32 Å². The van der Waals surface area contributed by atoms with Crippen molar-refractivity contribution in [1.82, 2.24) is 5.32 Å². The Labute approximate surface area is 155 Å². The Kier molecular flexibility index (Phi) is 5.12. The number of aliphatic carboxylic acids is 1. The number of phenols is 1. The summed E-state index contributed by atoms with van der Waals surface area (Å²) in [5, 5.41) is 22.2. The van der Waals surface area contributed by atoms with E-state index in [0.29, 0.717) is 12.0 Å². The first kappa shape index (κ1) is 18.4. The molecule has 2 aromatic rings. The topological polar surface area (TPSA) is 113 Å². The Morgan fingerprint density at radius 2 is 1.93 bits per heavy atom. The predicted molar refractivity (Wildman–Crippen MR) is 95.7 cm³/mol. The highest BCUT2D eigenvalue weighted by atomic mass is 16.5. The number of amides is 1. The standard InChI is InChI=1S/C20H19NO6/c1-11-9-13-7-8-14(17(22)16(13)20(26)27-11)18(23)21-15(19(24)25)10-12-5-3-2-4-6-12/h2-8,11,15,22H,9-10H2,1H3,(H,21,23)(H,24,25)/t11-,15+/m0/s1. The second-order valence-electron chi connectivity index (χ2n) is 6.47. The van der Waals surface area contributed by atoms with Gasteiger partial charge in [-0.3, -0.25) is 4.79 Å². The largest absolute Gasteiger partial charge is 0.506 e. The highest BCUT2D eigenvalue weighted by Gasteiger charge is 2.30. The van der Waals surface area contributed by atoms with Gasteiger partial charge in [-0.05, 0) is 24.1 Å². The zero-order valence-electron chi connectivity index (χ0n) is 14.6. The molecule has 0 unspecified atom stereocenters. The number of rotatable bonds is 5. The lowest BCUT2D eigenvalue weighted by Crippen LogP contribution is -2.42. The van der Waals surface area contributed by atoms with Crippen LogP contribution < -0.4 is 5.32 Å². The number of benzene rings is 2. The van der Waals surface area contributed by atoms with Crippen molar-refractivity contribution in [3.05, 3.63) is 64.7 Å². The third-order valence-electron chi connectivity index (χ3n) is 4.41. The van der Waals surface area contributed by atoms with E-state index in [0.717, 1.165) is 5.56 Å². The molecule has 7 heteroatoms. The van der Waals surface area contributed by atoms with Crippen molar-refractivity contribution in [2.24, 2.45) is 0 Å². The highest BCUT2D eigenvalue weighted by Crippen LogP contribution is 2.31. The predicted octanol–water partition coefficient (Wildman–Crippen LogP) is 1.92. The van der Waals surface area contributed by atoms with Gasteiger partial charge in [0, 0.05) is 12.8 Å². The van der Waals surface area contributed by atoms with Gasteiger partial charge in [0.15, 0.2) is 0 Å². The van der Waals surface area contributed by atoms with E-state index in [4.69, 9.17) is 4.74 Å². The summed E-state index contributed by atoms with van der Waals surface area (Å²) in [7, 11) is 0. The number of ether oxygens (including phenoxy) is 1. The minimum absolute atomic E-state index is 0.0457. The van der Waals surface area contributed by atoms with Crippen LogP contribution >= 0.6 is 0 Å². The lowest BCUT2D eigenvalue weighted by atomic mass is 9.95. The number of hydrogen-bond donors (Lipinski definition) is 3. The van der Waals surface area contributed by atoms with E-state index in [-0.39, 0.29) is 23.7 Å². The molecule has 0 aliphatic carbocycles. The second kappa shape index (κ2) is 7.49. The van der Waals surface area contributed by atoms with E-state index in [9.17, 15) is 24.6 Å². The van der Waals surface area contributed by atoms with Crippen molar-refractivity contribution in [3.63, 3.8) is 0 Å². The van der Waals surface area contributed by atoms with Crippen LogP contribution in [0.3, 0.4) is 0 Å². The molecular formula is C20H19NO6. The third-order valence-corrected chi connectivity index (χ3v) is 4.41. The van der Waals surface area contributed by atoms with Crippen molar-refractivity contribution >= 4 is 17.8 Å². The molecule has 1 aliphatic rings. The molecular weight excluding hydrogens is 350 g/mol. The van der Waals surface area contributed by atoms with Gasteiger partial charge in [-0.1, -0.05) is 36.4 Å². The molecule has 140 valence electrons. The normalized spacial score (nSPS) is 16.8. The summed E-state index contributed by atoms with van der Waals surface area (Å²) in [6, 6.07) is 10.7. The summed E-state index contributed by atoms with van der Waals surface area (Å²) in [6.07, 6.45) is 0.210. The molecule has 1 aliphatic heterocycles. The molecule has 3 rings (SSSR count). The molecule has 0 saturated carbocycles. The van der Waals surface area contributed by atoms with E-state index in [1.807, 2.05) is 6.07 Å². The maximum Gasteiger partial charge on any atom is 0.342 e. The van der Waals surface area contributed by atoms with Gasteiger partial charge in [0.1, 0.15) is 23.5 Å². The molecule has 2 atom stereocenters. The van der Waals surface area contributed by atoms with Gasteiger partial charge in [0.2, 0.25) is 0 Å². The summed E-state index contributed by atoms with van der Waals surface area (Å²) in [4.78, 5) is 36.1. The van der Waals surface area contributed by atoms with Crippen LogP contribution in [0.2, 0.25) is 0 Å². The summed E-state index contributed by atoms with van der Waals surface area (Å²) < 4.78 is 5.10. The first-order valence-corrected chi connectivity index (χ1v) is 8.50. The zero-order chi connectivity index (χ0) is 19.6. The van der Waals surface area contributed by atoms with Crippen LogP contribution in [0.5, 0.6) is 5.75 Å². The maximum atomic E-state index is 12.5. The van der Waals surface area contributed by atoms with E-state index in [1.165, 1.54) is 6.07 Å². The second-order valence-corrected chi connectivity index (χ2v) is 6.47. The van der Waals surface area contributed by atoms with Gasteiger partial charge in [-0.2, -0.15) is 0 Å². The Morgan fingerprint density at radius 3 is 2.59 bits per heavy atom.